The van der Waals surface area contributed by atoms with Gasteiger partial charge in [0.25, 0.3) is 0 Å². The Morgan fingerprint density at radius 2 is 1.95 bits per heavy atom. The Labute approximate surface area is 109 Å². The van der Waals surface area contributed by atoms with Crippen LogP contribution in [0.2, 0.25) is 0 Å². The van der Waals surface area contributed by atoms with E-state index in [-0.39, 0.29) is 6.61 Å². The van der Waals surface area contributed by atoms with Crippen LogP contribution in [0.3, 0.4) is 0 Å². The van der Waals surface area contributed by atoms with Crippen molar-refractivity contribution in [2.45, 2.75) is 12.9 Å². The predicted octanol–water partition coefficient (Wildman–Crippen LogP) is 2.33. The highest BCUT2D eigenvalue weighted by Gasteiger charge is 2.28. The minimum atomic E-state index is -4.63. The molecule has 1 N–H and O–H groups in total. The Hall–Kier alpha value is -1.47. The van der Waals surface area contributed by atoms with Gasteiger partial charge < -0.3 is 14.8 Å². The molecule has 0 saturated carbocycles. The normalized spacial score (nSPS) is 11.4. The lowest BCUT2D eigenvalue weighted by Crippen LogP contribution is -2.18. The van der Waals surface area contributed by atoms with Gasteiger partial charge in [0.2, 0.25) is 0 Å². The fourth-order valence-corrected chi connectivity index (χ4v) is 1.46. The van der Waals surface area contributed by atoms with E-state index in [1.54, 1.807) is 25.2 Å². The fraction of sp³-hybridized carbons (Fsp3) is 0.500. The van der Waals surface area contributed by atoms with Crippen LogP contribution < -0.4 is 14.8 Å². The van der Waals surface area contributed by atoms with Gasteiger partial charge in [0.15, 0.2) is 0 Å². The van der Waals surface area contributed by atoms with Gasteiger partial charge >= 0.3 is 6.36 Å². The Bertz CT molecular complexity index is 396. The van der Waals surface area contributed by atoms with E-state index in [1.807, 2.05) is 0 Å². The van der Waals surface area contributed by atoms with Gasteiger partial charge in [0.05, 0.1) is 13.7 Å². The van der Waals surface area contributed by atoms with Crippen molar-refractivity contribution in [1.82, 2.24) is 5.32 Å². The first kappa shape index (κ1) is 15.6. The van der Waals surface area contributed by atoms with Crippen LogP contribution in [0.15, 0.2) is 18.2 Å². The third-order valence-electron chi connectivity index (χ3n) is 2.24. The number of nitrogens with one attached hydrogen (secondary N) is 1. The lowest BCUT2D eigenvalue weighted by Gasteiger charge is -2.13. The summed E-state index contributed by atoms with van der Waals surface area (Å²) in [4.78, 5) is 0. The molecule has 0 aliphatic rings. The number of ether oxygens (including phenoxy) is 3. The molecule has 19 heavy (non-hydrogen) atoms. The van der Waals surface area contributed by atoms with Crippen molar-refractivity contribution in [2.24, 2.45) is 0 Å². The van der Waals surface area contributed by atoms with Crippen molar-refractivity contribution in [1.29, 1.82) is 0 Å². The first-order valence-corrected chi connectivity index (χ1v) is 5.61. The average molecular weight is 279 g/mol. The molecule has 0 aliphatic carbocycles. The van der Waals surface area contributed by atoms with E-state index in [1.165, 1.54) is 7.11 Å². The van der Waals surface area contributed by atoms with Crippen LogP contribution in [0, 0.1) is 0 Å². The number of benzene rings is 1. The van der Waals surface area contributed by atoms with E-state index in [0.717, 1.165) is 5.56 Å². The van der Waals surface area contributed by atoms with Gasteiger partial charge in [-0.25, -0.2) is 0 Å². The summed E-state index contributed by atoms with van der Waals surface area (Å²) in [7, 11) is 3.30. The largest absolute Gasteiger partial charge is 0.522 e. The smallest absolute Gasteiger partial charge is 0.497 e. The molecule has 0 fully saturated rings. The summed E-state index contributed by atoms with van der Waals surface area (Å²) in [6.45, 7) is -0.205. The number of halogens is 3. The lowest BCUT2D eigenvalue weighted by atomic mass is 10.2. The van der Waals surface area contributed by atoms with E-state index >= 15 is 0 Å². The van der Waals surface area contributed by atoms with E-state index in [9.17, 15) is 13.2 Å². The molecule has 0 spiro atoms. The molecule has 1 aromatic carbocycles. The monoisotopic (exact) mass is 279 g/mol. The zero-order valence-corrected chi connectivity index (χ0v) is 10.7. The Balaban J connectivity index is 2.56. The summed E-state index contributed by atoms with van der Waals surface area (Å²) in [5.74, 6) is 1.16. The standard InChI is InChI=1S/C12H16F3NO3/c1-16-8-9-7-10(17-2)3-4-11(9)18-5-6-19-12(13,14)15/h3-4,7,16H,5-6,8H2,1-2H3. The molecular formula is C12H16F3NO3. The molecule has 0 unspecified atom stereocenters. The fourth-order valence-electron chi connectivity index (χ4n) is 1.46. The maximum absolute atomic E-state index is 11.8. The van der Waals surface area contributed by atoms with Crippen molar-refractivity contribution in [3.63, 3.8) is 0 Å². The summed E-state index contributed by atoms with van der Waals surface area (Å²) in [5.41, 5.74) is 0.800. The minimum absolute atomic E-state index is 0.178. The summed E-state index contributed by atoms with van der Waals surface area (Å²) in [6.07, 6.45) is -4.63. The van der Waals surface area contributed by atoms with Gasteiger partial charge in [0, 0.05) is 12.1 Å². The molecule has 0 radical (unpaired) electrons. The highest BCUT2D eigenvalue weighted by atomic mass is 19.4. The molecule has 1 aromatic rings. The van der Waals surface area contributed by atoms with E-state index in [0.29, 0.717) is 18.0 Å². The average Bonchev–Trinajstić information content (AvgIpc) is 2.35. The molecule has 0 amide bonds. The van der Waals surface area contributed by atoms with Crippen molar-refractivity contribution in [3.8, 4) is 11.5 Å². The quantitative estimate of drug-likeness (QED) is 0.778. The second-order valence-corrected chi connectivity index (χ2v) is 3.65. The van der Waals surface area contributed by atoms with Crippen LogP contribution in [0.4, 0.5) is 13.2 Å². The zero-order chi connectivity index (χ0) is 14.3. The molecule has 0 saturated heterocycles. The topological polar surface area (TPSA) is 39.7 Å². The summed E-state index contributed by atoms with van der Waals surface area (Å²) in [6, 6.07) is 5.09. The van der Waals surface area contributed by atoms with Crippen molar-refractivity contribution in [2.75, 3.05) is 27.4 Å². The molecule has 108 valence electrons. The minimum Gasteiger partial charge on any atom is -0.497 e. The van der Waals surface area contributed by atoms with Crippen LogP contribution in [-0.4, -0.2) is 33.7 Å². The molecule has 0 heterocycles. The van der Waals surface area contributed by atoms with Gasteiger partial charge in [-0.3, -0.25) is 4.74 Å². The number of alkyl halides is 3. The van der Waals surface area contributed by atoms with Crippen molar-refractivity contribution in [3.05, 3.63) is 23.8 Å². The Morgan fingerprint density at radius 3 is 2.53 bits per heavy atom. The molecule has 0 bridgehead atoms. The van der Waals surface area contributed by atoms with Crippen LogP contribution in [-0.2, 0) is 11.3 Å². The van der Waals surface area contributed by atoms with Gasteiger partial charge in [-0.2, -0.15) is 0 Å². The maximum atomic E-state index is 11.8. The van der Waals surface area contributed by atoms with Crippen molar-refractivity contribution >= 4 is 0 Å². The van der Waals surface area contributed by atoms with E-state index in [4.69, 9.17) is 9.47 Å². The summed E-state index contributed by atoms with van der Waals surface area (Å²) >= 11 is 0. The van der Waals surface area contributed by atoms with Crippen LogP contribution in [0.5, 0.6) is 11.5 Å². The Kier molecular flexibility index (Phi) is 5.91. The molecule has 1 rings (SSSR count). The van der Waals surface area contributed by atoms with Crippen LogP contribution in [0.1, 0.15) is 5.56 Å². The number of rotatable bonds is 7. The highest BCUT2D eigenvalue weighted by Crippen LogP contribution is 2.24. The Morgan fingerprint density at radius 1 is 1.21 bits per heavy atom. The van der Waals surface area contributed by atoms with Crippen LogP contribution in [0.25, 0.3) is 0 Å². The molecule has 4 nitrogen and oxygen atoms in total. The second-order valence-electron chi connectivity index (χ2n) is 3.65. The number of methoxy groups -OCH3 is 1. The maximum Gasteiger partial charge on any atom is 0.522 e. The SMILES string of the molecule is CNCc1cc(OC)ccc1OCCOC(F)(F)F. The van der Waals surface area contributed by atoms with E-state index < -0.39 is 13.0 Å². The van der Waals surface area contributed by atoms with Crippen molar-refractivity contribution < 1.29 is 27.4 Å². The molecule has 0 aliphatic heterocycles. The zero-order valence-electron chi connectivity index (χ0n) is 10.7. The summed E-state index contributed by atoms with van der Waals surface area (Å²) in [5, 5.41) is 2.94. The summed E-state index contributed by atoms with van der Waals surface area (Å²) < 4.78 is 49.3. The predicted molar refractivity (Wildman–Crippen MR) is 63.3 cm³/mol. The van der Waals surface area contributed by atoms with Gasteiger partial charge in [0.1, 0.15) is 18.1 Å². The first-order valence-electron chi connectivity index (χ1n) is 5.61. The second kappa shape index (κ2) is 7.20. The lowest BCUT2D eigenvalue weighted by molar-refractivity contribution is -0.325. The third kappa shape index (κ3) is 5.80. The third-order valence-corrected chi connectivity index (χ3v) is 2.24. The number of hydrogen-bond donors (Lipinski definition) is 1. The first-order chi connectivity index (χ1) is 8.96. The molecule has 0 aromatic heterocycles. The molecular weight excluding hydrogens is 263 g/mol. The highest BCUT2D eigenvalue weighted by molar-refractivity contribution is 5.40. The van der Waals surface area contributed by atoms with Gasteiger partial charge in [-0.05, 0) is 25.2 Å². The van der Waals surface area contributed by atoms with E-state index in [2.05, 4.69) is 10.1 Å². The molecule has 7 heteroatoms. The molecule has 0 atom stereocenters. The van der Waals surface area contributed by atoms with Crippen LogP contribution >= 0.6 is 0 Å². The van der Waals surface area contributed by atoms with Gasteiger partial charge in [-0.15, -0.1) is 13.2 Å². The number of hydrogen-bond acceptors (Lipinski definition) is 4. The van der Waals surface area contributed by atoms with Gasteiger partial charge in [-0.1, -0.05) is 0 Å².